The maximum absolute atomic E-state index is 13.0. The van der Waals surface area contributed by atoms with Crippen LogP contribution in [0, 0.1) is 0 Å². The number of fused-ring (bicyclic) bond motifs is 1. The van der Waals surface area contributed by atoms with Gasteiger partial charge in [-0.2, -0.15) is 0 Å². The van der Waals surface area contributed by atoms with Crippen LogP contribution in [0.4, 0.5) is 4.79 Å². The summed E-state index contributed by atoms with van der Waals surface area (Å²) in [6.45, 7) is 6.46. The van der Waals surface area contributed by atoms with E-state index in [-0.39, 0.29) is 6.04 Å². The lowest BCUT2D eigenvalue weighted by Crippen LogP contribution is -2.54. The molecule has 2 aliphatic rings. The summed E-state index contributed by atoms with van der Waals surface area (Å²) in [5.74, 6) is 0.331. The van der Waals surface area contributed by atoms with E-state index in [1.165, 1.54) is 5.56 Å². The lowest BCUT2D eigenvalue weighted by Gasteiger charge is -2.40. The number of pyridine rings is 1. The van der Waals surface area contributed by atoms with Gasteiger partial charge < -0.3 is 15.0 Å². The number of hydrogen-bond donors (Lipinski definition) is 2. The van der Waals surface area contributed by atoms with Gasteiger partial charge in [-0.15, -0.1) is 0 Å². The topological polar surface area (TPSA) is 104 Å². The molecule has 4 rings (SSSR count). The van der Waals surface area contributed by atoms with Crippen molar-refractivity contribution in [3.8, 4) is 0 Å². The summed E-state index contributed by atoms with van der Waals surface area (Å²) in [6, 6.07) is 3.84. The molecule has 3 heterocycles. The monoisotopic (exact) mass is 434 g/mol. The van der Waals surface area contributed by atoms with E-state index in [4.69, 9.17) is 4.74 Å². The minimum atomic E-state index is -3.34. The molecule has 2 aromatic rings. The molecule has 1 aliphatic heterocycles. The number of nitrogens with one attached hydrogen (secondary N) is 2. The first-order valence-corrected chi connectivity index (χ1v) is 12.0. The Balaban J connectivity index is 1.30. The molecule has 0 bridgehead atoms. The Hall–Kier alpha value is -2.13. The van der Waals surface area contributed by atoms with E-state index >= 15 is 0 Å². The van der Waals surface area contributed by atoms with Crippen LogP contribution in [0.2, 0.25) is 0 Å². The van der Waals surface area contributed by atoms with Gasteiger partial charge in [-0.3, -0.25) is 0 Å². The molecule has 0 spiro atoms. The molecule has 0 radical (unpaired) electrons. The third kappa shape index (κ3) is 4.32. The predicted octanol–water partition coefficient (Wildman–Crippen LogP) is 3.13. The van der Waals surface area contributed by atoms with Gasteiger partial charge in [0.2, 0.25) is 10.0 Å². The number of aromatic amines is 1. The minimum absolute atomic E-state index is 0.143. The van der Waals surface area contributed by atoms with Crippen LogP contribution in [0.5, 0.6) is 0 Å². The summed E-state index contributed by atoms with van der Waals surface area (Å²) in [6.07, 6.45) is 5.76. The van der Waals surface area contributed by atoms with Crippen molar-refractivity contribution in [2.24, 2.45) is 0 Å². The van der Waals surface area contributed by atoms with Gasteiger partial charge in [0.05, 0.1) is 5.25 Å². The van der Waals surface area contributed by atoms with Crippen molar-refractivity contribution >= 4 is 27.1 Å². The van der Waals surface area contributed by atoms with Crippen molar-refractivity contribution in [3.05, 3.63) is 30.1 Å². The van der Waals surface area contributed by atoms with E-state index in [1.54, 1.807) is 31.3 Å². The largest absolute Gasteiger partial charge is 0.444 e. The summed E-state index contributed by atoms with van der Waals surface area (Å²) in [5.41, 5.74) is 1.53. The molecule has 2 N–H and O–H groups in total. The number of carbonyl (C=O) groups excluding carboxylic acids is 1. The van der Waals surface area contributed by atoms with Gasteiger partial charge in [-0.1, -0.05) is 0 Å². The molecule has 30 heavy (non-hydrogen) atoms. The van der Waals surface area contributed by atoms with Gasteiger partial charge in [-0.05, 0) is 70.1 Å². The van der Waals surface area contributed by atoms with Crippen LogP contribution < -0.4 is 5.32 Å². The Morgan fingerprint density at radius 1 is 1.27 bits per heavy atom. The highest BCUT2D eigenvalue weighted by atomic mass is 32.2. The van der Waals surface area contributed by atoms with Crippen LogP contribution >= 0.6 is 0 Å². The van der Waals surface area contributed by atoms with Crippen molar-refractivity contribution in [1.82, 2.24) is 19.6 Å². The smallest absolute Gasteiger partial charge is 0.407 e. The highest BCUT2D eigenvalue weighted by Gasteiger charge is 2.43. The van der Waals surface area contributed by atoms with E-state index in [0.29, 0.717) is 31.8 Å². The average molecular weight is 435 g/mol. The highest BCUT2D eigenvalue weighted by molar-refractivity contribution is 7.89. The second-order valence-corrected chi connectivity index (χ2v) is 11.5. The molecule has 2 fully saturated rings. The standard InChI is InChI=1S/C21H30N4O4S/c1-21(2,3)29-20(26)24-15-11-16(12-15)30(27,28)25-9-6-14(7-10-25)18-13-23-19-17(18)5-4-8-22-19/h4-5,8,13-16H,6-7,9-12H2,1-3H3,(H,22,23)(H,24,26)/t15-,16-. The first-order valence-electron chi connectivity index (χ1n) is 10.5. The molecule has 1 amide bonds. The van der Waals surface area contributed by atoms with Crippen molar-refractivity contribution in [2.75, 3.05) is 13.1 Å². The van der Waals surface area contributed by atoms with Crippen LogP contribution in [0.1, 0.15) is 57.9 Å². The zero-order chi connectivity index (χ0) is 21.5. The van der Waals surface area contributed by atoms with Gasteiger partial charge in [0.1, 0.15) is 11.2 Å². The SMILES string of the molecule is CC(C)(C)OC(=O)N[C@H]1C[C@H](S(=O)(=O)N2CCC(c3c[nH]c4ncccc34)CC2)C1. The van der Waals surface area contributed by atoms with Crippen LogP contribution in [-0.4, -0.2) is 58.8 Å². The summed E-state index contributed by atoms with van der Waals surface area (Å²) >= 11 is 0. The summed E-state index contributed by atoms with van der Waals surface area (Å²) < 4.78 is 32.9. The molecule has 1 saturated heterocycles. The number of amides is 1. The number of piperidine rings is 1. The number of rotatable bonds is 4. The average Bonchev–Trinajstić information content (AvgIpc) is 3.07. The molecule has 0 unspecified atom stereocenters. The van der Waals surface area contributed by atoms with Crippen LogP contribution in [0.15, 0.2) is 24.5 Å². The molecule has 2 aromatic heterocycles. The van der Waals surface area contributed by atoms with E-state index in [9.17, 15) is 13.2 Å². The second kappa shape index (κ2) is 7.85. The van der Waals surface area contributed by atoms with Crippen LogP contribution in [0.25, 0.3) is 11.0 Å². The number of sulfonamides is 1. The Morgan fingerprint density at radius 3 is 2.63 bits per heavy atom. The molecule has 0 aromatic carbocycles. The summed E-state index contributed by atoms with van der Waals surface area (Å²) in [7, 11) is -3.34. The van der Waals surface area contributed by atoms with Crippen LogP contribution in [0.3, 0.4) is 0 Å². The molecule has 1 aliphatic carbocycles. The van der Waals surface area contributed by atoms with Gasteiger partial charge in [0.15, 0.2) is 0 Å². The van der Waals surface area contributed by atoms with Crippen molar-refractivity contribution in [1.29, 1.82) is 0 Å². The zero-order valence-electron chi connectivity index (χ0n) is 17.7. The lowest BCUT2D eigenvalue weighted by molar-refractivity contribution is 0.0480. The Kier molecular flexibility index (Phi) is 5.52. The maximum atomic E-state index is 13.0. The highest BCUT2D eigenvalue weighted by Crippen LogP contribution is 2.36. The van der Waals surface area contributed by atoms with Crippen molar-refractivity contribution in [2.45, 2.75) is 69.3 Å². The molecule has 9 heteroatoms. The third-order valence-electron chi connectivity index (χ3n) is 5.97. The first kappa shape index (κ1) is 21.1. The number of hydrogen-bond acceptors (Lipinski definition) is 5. The molecule has 164 valence electrons. The van der Waals surface area contributed by atoms with Gasteiger partial charge >= 0.3 is 6.09 Å². The fourth-order valence-electron chi connectivity index (χ4n) is 4.35. The number of aromatic nitrogens is 2. The summed E-state index contributed by atoms with van der Waals surface area (Å²) in [4.78, 5) is 19.4. The van der Waals surface area contributed by atoms with E-state index in [0.717, 1.165) is 23.9 Å². The summed E-state index contributed by atoms with van der Waals surface area (Å²) in [5, 5.41) is 3.46. The van der Waals surface area contributed by atoms with E-state index in [2.05, 4.69) is 21.4 Å². The normalized spacial score (nSPS) is 23.8. The minimum Gasteiger partial charge on any atom is -0.444 e. The quantitative estimate of drug-likeness (QED) is 0.769. The third-order valence-corrected chi connectivity index (χ3v) is 8.29. The van der Waals surface area contributed by atoms with Crippen molar-refractivity contribution in [3.63, 3.8) is 0 Å². The van der Waals surface area contributed by atoms with Crippen molar-refractivity contribution < 1.29 is 17.9 Å². The van der Waals surface area contributed by atoms with Gasteiger partial charge in [0, 0.05) is 36.9 Å². The van der Waals surface area contributed by atoms with Gasteiger partial charge in [0.25, 0.3) is 0 Å². The molecular formula is C21H30N4O4S. The first-order chi connectivity index (χ1) is 14.1. The fourth-order valence-corrected chi connectivity index (χ4v) is 6.44. The molecule has 8 nitrogen and oxygen atoms in total. The van der Waals surface area contributed by atoms with E-state index in [1.807, 2.05) is 12.3 Å². The zero-order valence-corrected chi connectivity index (χ0v) is 18.5. The number of alkyl carbamates (subject to hydrolysis) is 1. The fraction of sp³-hybridized carbons (Fsp3) is 0.619. The Labute approximate surface area is 177 Å². The predicted molar refractivity (Wildman–Crippen MR) is 115 cm³/mol. The molecule has 0 atom stereocenters. The number of nitrogens with zero attached hydrogens (tertiary/aromatic N) is 2. The molecule has 1 saturated carbocycles. The Bertz CT molecular complexity index is 1010. The number of ether oxygens (including phenoxy) is 1. The lowest BCUT2D eigenvalue weighted by atomic mass is 9.90. The van der Waals surface area contributed by atoms with Crippen LogP contribution in [-0.2, 0) is 14.8 Å². The Morgan fingerprint density at radius 2 is 1.97 bits per heavy atom. The maximum Gasteiger partial charge on any atom is 0.407 e. The van der Waals surface area contributed by atoms with E-state index < -0.39 is 27.0 Å². The van der Waals surface area contributed by atoms with Gasteiger partial charge in [-0.25, -0.2) is 22.5 Å². The number of carbonyl (C=O) groups is 1. The molecular weight excluding hydrogens is 404 g/mol. The second-order valence-electron chi connectivity index (χ2n) is 9.30. The number of H-pyrrole nitrogens is 1.